The standard InChI is InChI=1S/C23H25N7O2S/c1-12(2)29(4)22(31)19-8-7-18(33-19)17-10-20(26-15-5-6-15)30-21(27-17)14(11-24-30)9-16-13(3)25-23(32)28-16/h7-12,15,26H,3,5-6H2,1-2,4H3,(H2,25,28,32)/b16-9-. The lowest BCUT2D eigenvalue weighted by atomic mass is 10.2. The lowest BCUT2D eigenvalue weighted by Crippen LogP contribution is -2.32. The van der Waals surface area contributed by atoms with Crippen LogP contribution in [0, 0.1) is 0 Å². The molecule has 0 radical (unpaired) electrons. The summed E-state index contributed by atoms with van der Waals surface area (Å²) in [5, 5.41) is 9.13. The maximum absolute atomic E-state index is 12.8. The number of rotatable bonds is 6. The van der Waals surface area contributed by atoms with Crippen LogP contribution in [0.25, 0.3) is 28.9 Å². The number of thiophene rings is 1. The molecular weight excluding hydrogens is 438 g/mol. The van der Waals surface area contributed by atoms with E-state index in [4.69, 9.17) is 4.98 Å². The Hall–Kier alpha value is -3.66. The van der Waals surface area contributed by atoms with Gasteiger partial charge in [0.05, 0.1) is 32.3 Å². The van der Waals surface area contributed by atoms with Crippen molar-refractivity contribution in [3.05, 3.63) is 56.0 Å². The molecular formula is C23H25N7O2S. The van der Waals surface area contributed by atoms with Crippen molar-refractivity contribution in [2.75, 3.05) is 12.4 Å². The van der Waals surface area contributed by atoms with Crippen molar-refractivity contribution in [2.45, 2.75) is 38.8 Å². The molecule has 1 aliphatic rings. The number of carbonyl (C=O) groups excluding carboxylic acids is 1. The summed E-state index contributed by atoms with van der Waals surface area (Å²) in [6.45, 7) is 7.85. The van der Waals surface area contributed by atoms with Crippen LogP contribution in [-0.2, 0) is 0 Å². The summed E-state index contributed by atoms with van der Waals surface area (Å²) in [5.74, 6) is 0.839. The van der Waals surface area contributed by atoms with Gasteiger partial charge >= 0.3 is 5.69 Å². The van der Waals surface area contributed by atoms with Crippen LogP contribution in [-0.4, -0.2) is 54.5 Å². The molecule has 170 valence electrons. The van der Waals surface area contributed by atoms with E-state index in [0.717, 1.165) is 34.8 Å². The van der Waals surface area contributed by atoms with E-state index in [1.165, 1.54) is 11.3 Å². The third kappa shape index (κ3) is 4.09. The number of hydrogen-bond donors (Lipinski definition) is 3. The van der Waals surface area contributed by atoms with Gasteiger partial charge in [-0.1, -0.05) is 6.58 Å². The zero-order chi connectivity index (χ0) is 23.3. The molecule has 0 spiro atoms. The molecule has 4 aromatic rings. The minimum atomic E-state index is -0.311. The average molecular weight is 464 g/mol. The largest absolute Gasteiger partial charge is 0.367 e. The van der Waals surface area contributed by atoms with E-state index in [2.05, 4.69) is 27.0 Å². The maximum atomic E-state index is 12.8. The van der Waals surface area contributed by atoms with Crippen LogP contribution in [0.5, 0.6) is 0 Å². The molecule has 9 nitrogen and oxygen atoms in total. The predicted octanol–water partition coefficient (Wildman–Crippen LogP) is 1.77. The number of amides is 1. The smallest absolute Gasteiger partial charge is 0.323 e. The summed E-state index contributed by atoms with van der Waals surface area (Å²) >= 11 is 1.43. The number of anilines is 1. The molecule has 0 saturated heterocycles. The minimum absolute atomic E-state index is 0.00332. The van der Waals surface area contributed by atoms with E-state index in [1.54, 1.807) is 21.7 Å². The van der Waals surface area contributed by atoms with E-state index in [-0.39, 0.29) is 17.6 Å². The van der Waals surface area contributed by atoms with Gasteiger partial charge in [0.15, 0.2) is 5.65 Å². The quantitative estimate of drug-likeness (QED) is 0.404. The Morgan fingerprint density at radius 1 is 1.36 bits per heavy atom. The Bertz CT molecular complexity index is 1520. The van der Waals surface area contributed by atoms with Crippen molar-refractivity contribution in [3.63, 3.8) is 0 Å². The van der Waals surface area contributed by atoms with Gasteiger partial charge in [0, 0.05) is 30.8 Å². The molecule has 1 fully saturated rings. The summed E-state index contributed by atoms with van der Waals surface area (Å²) in [5.41, 5.74) is 1.85. The molecule has 0 atom stereocenters. The van der Waals surface area contributed by atoms with E-state index in [9.17, 15) is 9.59 Å². The summed E-state index contributed by atoms with van der Waals surface area (Å²) < 4.78 is 1.77. The fraction of sp³-hybridized carbons (Fsp3) is 0.304. The molecule has 1 saturated carbocycles. The number of imidazole rings is 1. The Kier molecular flexibility index (Phi) is 5.16. The van der Waals surface area contributed by atoms with Crippen molar-refractivity contribution in [1.29, 1.82) is 0 Å². The Morgan fingerprint density at radius 3 is 2.82 bits per heavy atom. The zero-order valence-electron chi connectivity index (χ0n) is 18.7. The second kappa shape index (κ2) is 8.04. The molecule has 0 unspecified atom stereocenters. The highest BCUT2D eigenvalue weighted by molar-refractivity contribution is 7.17. The summed E-state index contributed by atoms with van der Waals surface area (Å²) in [6.07, 6.45) is 5.76. The molecule has 1 aliphatic carbocycles. The van der Waals surface area contributed by atoms with Gasteiger partial charge in [-0.05, 0) is 44.9 Å². The molecule has 33 heavy (non-hydrogen) atoms. The van der Waals surface area contributed by atoms with Crippen molar-refractivity contribution in [2.24, 2.45) is 0 Å². The molecule has 0 bridgehead atoms. The molecule has 4 heterocycles. The fourth-order valence-electron chi connectivity index (χ4n) is 3.46. The first-order valence-electron chi connectivity index (χ1n) is 10.8. The second-order valence-electron chi connectivity index (χ2n) is 8.57. The number of H-pyrrole nitrogens is 2. The second-order valence-corrected chi connectivity index (χ2v) is 9.65. The lowest BCUT2D eigenvalue weighted by molar-refractivity contribution is 0.0760. The molecule has 3 N–H and O–H groups in total. The van der Waals surface area contributed by atoms with Crippen LogP contribution < -0.4 is 21.7 Å². The number of hydrogen-bond acceptors (Lipinski definition) is 6. The Labute approximate surface area is 193 Å². The van der Waals surface area contributed by atoms with Gasteiger partial charge in [-0.15, -0.1) is 11.3 Å². The number of carbonyl (C=O) groups is 1. The number of nitrogens with zero attached hydrogens (tertiary/aromatic N) is 4. The topological polar surface area (TPSA) is 111 Å². The molecule has 0 aliphatic heterocycles. The van der Waals surface area contributed by atoms with Crippen LogP contribution in [0.15, 0.2) is 29.2 Å². The monoisotopic (exact) mass is 463 g/mol. The van der Waals surface area contributed by atoms with Gasteiger partial charge in [-0.3, -0.25) is 4.79 Å². The normalized spacial score (nSPS) is 14.4. The number of aromatic amines is 2. The van der Waals surface area contributed by atoms with Crippen LogP contribution in [0.4, 0.5) is 5.82 Å². The van der Waals surface area contributed by atoms with Gasteiger partial charge in [0.2, 0.25) is 0 Å². The summed E-state index contributed by atoms with van der Waals surface area (Å²) in [7, 11) is 1.81. The van der Waals surface area contributed by atoms with Gasteiger partial charge in [0.25, 0.3) is 5.91 Å². The van der Waals surface area contributed by atoms with Crippen molar-refractivity contribution in [1.82, 2.24) is 29.5 Å². The summed E-state index contributed by atoms with van der Waals surface area (Å²) in [6, 6.07) is 6.30. The van der Waals surface area contributed by atoms with E-state index in [1.807, 2.05) is 39.1 Å². The fourth-order valence-corrected chi connectivity index (χ4v) is 4.41. The van der Waals surface area contributed by atoms with Gasteiger partial charge in [0.1, 0.15) is 5.82 Å². The number of nitrogens with one attached hydrogen (secondary N) is 3. The van der Waals surface area contributed by atoms with E-state index < -0.39 is 0 Å². The molecule has 5 rings (SSSR count). The zero-order valence-corrected chi connectivity index (χ0v) is 19.5. The third-order valence-corrected chi connectivity index (χ3v) is 6.83. The van der Waals surface area contributed by atoms with Crippen LogP contribution in [0.2, 0.25) is 0 Å². The average Bonchev–Trinajstić information content (AvgIpc) is 3.17. The van der Waals surface area contributed by atoms with Crippen molar-refractivity contribution in [3.8, 4) is 10.6 Å². The van der Waals surface area contributed by atoms with Crippen molar-refractivity contribution < 1.29 is 4.79 Å². The van der Waals surface area contributed by atoms with Gasteiger partial charge in [-0.2, -0.15) is 9.61 Å². The highest BCUT2D eigenvalue weighted by atomic mass is 32.1. The minimum Gasteiger partial charge on any atom is -0.367 e. The molecule has 4 aromatic heterocycles. The van der Waals surface area contributed by atoms with Gasteiger partial charge in [-0.25, -0.2) is 9.78 Å². The first-order valence-corrected chi connectivity index (χ1v) is 11.6. The maximum Gasteiger partial charge on any atom is 0.323 e. The highest BCUT2D eigenvalue weighted by Crippen LogP contribution is 2.32. The van der Waals surface area contributed by atoms with Gasteiger partial charge < -0.3 is 20.2 Å². The van der Waals surface area contributed by atoms with Crippen LogP contribution in [0.1, 0.15) is 41.9 Å². The van der Waals surface area contributed by atoms with E-state index >= 15 is 0 Å². The van der Waals surface area contributed by atoms with Crippen molar-refractivity contribution >= 4 is 41.4 Å². The van der Waals surface area contributed by atoms with E-state index in [0.29, 0.717) is 27.3 Å². The lowest BCUT2D eigenvalue weighted by Gasteiger charge is -2.20. The highest BCUT2D eigenvalue weighted by Gasteiger charge is 2.24. The Morgan fingerprint density at radius 2 is 2.15 bits per heavy atom. The predicted molar refractivity (Wildman–Crippen MR) is 130 cm³/mol. The van der Waals surface area contributed by atoms with Crippen LogP contribution >= 0.6 is 11.3 Å². The SMILES string of the molecule is C=c1[nH]c(=O)[nH]/c1=C\c1cnn2c(NC3CC3)cc(-c3ccc(C(=O)N(C)C(C)C)s3)nc12. The molecule has 0 aromatic carbocycles. The first-order chi connectivity index (χ1) is 15.8. The number of fused-ring (bicyclic) bond motifs is 1. The Balaban J connectivity index is 1.62. The van der Waals surface area contributed by atoms with Crippen LogP contribution in [0.3, 0.4) is 0 Å². The number of aromatic nitrogens is 5. The third-order valence-electron chi connectivity index (χ3n) is 5.73. The first kappa shape index (κ1) is 21.2. The summed E-state index contributed by atoms with van der Waals surface area (Å²) in [4.78, 5) is 37.9. The molecule has 1 amide bonds. The molecule has 10 heteroatoms.